The molecule has 0 aromatic rings. The van der Waals surface area contributed by atoms with E-state index in [-0.39, 0.29) is 17.9 Å². The standard InChI is InChI=1S/C10H17NO3/c1-13-6-9(12)11-4-2-10(7-11)3-5-14-8-10/h2-8H2,1H3. The van der Waals surface area contributed by atoms with Gasteiger partial charge in [-0.1, -0.05) is 0 Å². The fourth-order valence-corrected chi connectivity index (χ4v) is 2.33. The summed E-state index contributed by atoms with van der Waals surface area (Å²) in [4.78, 5) is 13.4. The van der Waals surface area contributed by atoms with E-state index in [4.69, 9.17) is 9.47 Å². The highest BCUT2D eigenvalue weighted by Gasteiger charge is 2.42. The molecule has 1 unspecified atom stereocenters. The number of hydrogen-bond acceptors (Lipinski definition) is 3. The van der Waals surface area contributed by atoms with Crippen molar-refractivity contribution in [1.82, 2.24) is 4.90 Å². The Morgan fingerprint density at radius 3 is 3.07 bits per heavy atom. The zero-order valence-corrected chi connectivity index (χ0v) is 8.62. The van der Waals surface area contributed by atoms with Crippen LogP contribution in [0.3, 0.4) is 0 Å². The van der Waals surface area contributed by atoms with E-state index in [9.17, 15) is 4.79 Å². The number of likely N-dealkylation sites (tertiary alicyclic amines) is 1. The molecule has 2 fully saturated rings. The van der Waals surface area contributed by atoms with Crippen molar-refractivity contribution in [3.8, 4) is 0 Å². The summed E-state index contributed by atoms with van der Waals surface area (Å²) in [5.41, 5.74) is 0.267. The molecule has 1 atom stereocenters. The van der Waals surface area contributed by atoms with Crippen molar-refractivity contribution in [2.75, 3.05) is 40.0 Å². The molecule has 2 aliphatic rings. The zero-order chi connectivity index (χ0) is 10.0. The first kappa shape index (κ1) is 9.93. The second-order valence-electron chi connectivity index (χ2n) is 4.30. The lowest BCUT2D eigenvalue weighted by Crippen LogP contribution is -2.34. The van der Waals surface area contributed by atoms with Crippen molar-refractivity contribution in [1.29, 1.82) is 0 Å². The van der Waals surface area contributed by atoms with Crippen LogP contribution < -0.4 is 0 Å². The third kappa shape index (κ3) is 1.77. The second kappa shape index (κ2) is 3.87. The first-order valence-corrected chi connectivity index (χ1v) is 5.10. The molecule has 0 saturated carbocycles. The highest BCUT2D eigenvalue weighted by atomic mass is 16.5. The fourth-order valence-electron chi connectivity index (χ4n) is 2.33. The van der Waals surface area contributed by atoms with Crippen LogP contribution in [-0.4, -0.2) is 50.8 Å². The molecule has 0 aliphatic carbocycles. The number of hydrogen-bond donors (Lipinski definition) is 0. The predicted octanol–water partition coefficient (Wildman–Crippen LogP) is 0.272. The van der Waals surface area contributed by atoms with Crippen LogP contribution in [0, 0.1) is 5.41 Å². The molecule has 0 N–H and O–H groups in total. The SMILES string of the molecule is COCC(=O)N1CCC2(CCOC2)C1. The first-order chi connectivity index (χ1) is 6.76. The average molecular weight is 199 g/mol. The maximum atomic E-state index is 11.5. The second-order valence-corrected chi connectivity index (χ2v) is 4.30. The quantitative estimate of drug-likeness (QED) is 0.641. The molecule has 0 bridgehead atoms. The summed E-state index contributed by atoms with van der Waals surface area (Å²) >= 11 is 0. The Labute approximate surface area is 84.2 Å². The van der Waals surface area contributed by atoms with Gasteiger partial charge in [-0.15, -0.1) is 0 Å². The number of carbonyl (C=O) groups is 1. The van der Waals surface area contributed by atoms with Crippen LogP contribution in [0.1, 0.15) is 12.8 Å². The van der Waals surface area contributed by atoms with Crippen LogP contribution in [-0.2, 0) is 14.3 Å². The number of ether oxygens (including phenoxy) is 2. The maximum absolute atomic E-state index is 11.5. The van der Waals surface area contributed by atoms with Crippen LogP contribution >= 0.6 is 0 Å². The van der Waals surface area contributed by atoms with Crippen LogP contribution in [0.5, 0.6) is 0 Å². The van der Waals surface area contributed by atoms with Crippen molar-refractivity contribution in [3.05, 3.63) is 0 Å². The lowest BCUT2D eigenvalue weighted by Gasteiger charge is -2.21. The van der Waals surface area contributed by atoms with Gasteiger partial charge in [0.05, 0.1) is 6.61 Å². The summed E-state index contributed by atoms with van der Waals surface area (Å²) in [6, 6.07) is 0. The lowest BCUT2D eigenvalue weighted by molar-refractivity contribution is -0.134. The Hall–Kier alpha value is -0.610. The Kier molecular flexibility index (Phi) is 2.74. The van der Waals surface area contributed by atoms with Gasteiger partial charge in [-0.2, -0.15) is 0 Å². The number of methoxy groups -OCH3 is 1. The fraction of sp³-hybridized carbons (Fsp3) is 0.900. The van der Waals surface area contributed by atoms with Gasteiger partial charge in [-0.05, 0) is 12.8 Å². The molecule has 2 saturated heterocycles. The summed E-state index contributed by atoms with van der Waals surface area (Å²) in [6.07, 6.45) is 2.19. The summed E-state index contributed by atoms with van der Waals surface area (Å²) in [7, 11) is 1.56. The van der Waals surface area contributed by atoms with E-state index >= 15 is 0 Å². The smallest absolute Gasteiger partial charge is 0.248 e. The van der Waals surface area contributed by atoms with Crippen LogP contribution in [0.25, 0.3) is 0 Å². The van der Waals surface area contributed by atoms with E-state index in [1.54, 1.807) is 7.11 Å². The van der Waals surface area contributed by atoms with Gasteiger partial charge in [0.2, 0.25) is 5.91 Å². The van der Waals surface area contributed by atoms with Gasteiger partial charge in [0, 0.05) is 32.2 Å². The van der Waals surface area contributed by atoms with E-state index in [2.05, 4.69) is 0 Å². The van der Waals surface area contributed by atoms with Gasteiger partial charge < -0.3 is 14.4 Å². The van der Waals surface area contributed by atoms with E-state index < -0.39 is 0 Å². The van der Waals surface area contributed by atoms with Crippen LogP contribution in [0.2, 0.25) is 0 Å². The summed E-state index contributed by atoms with van der Waals surface area (Å²) in [5.74, 6) is 0.108. The summed E-state index contributed by atoms with van der Waals surface area (Å²) in [5, 5.41) is 0. The maximum Gasteiger partial charge on any atom is 0.248 e. The van der Waals surface area contributed by atoms with E-state index in [0.29, 0.717) is 0 Å². The molecule has 4 heteroatoms. The summed E-state index contributed by atoms with van der Waals surface area (Å²) < 4.78 is 10.2. The van der Waals surface area contributed by atoms with Crippen molar-refractivity contribution in [3.63, 3.8) is 0 Å². The van der Waals surface area contributed by atoms with E-state index in [1.807, 2.05) is 4.90 Å². The predicted molar refractivity (Wildman–Crippen MR) is 50.9 cm³/mol. The van der Waals surface area contributed by atoms with Crippen LogP contribution in [0.15, 0.2) is 0 Å². The van der Waals surface area contributed by atoms with Crippen molar-refractivity contribution in [2.24, 2.45) is 5.41 Å². The monoisotopic (exact) mass is 199 g/mol. The molecule has 1 amide bonds. The minimum absolute atomic E-state index is 0.108. The molecule has 2 heterocycles. The van der Waals surface area contributed by atoms with Gasteiger partial charge in [0.1, 0.15) is 6.61 Å². The molecular weight excluding hydrogens is 182 g/mol. The Morgan fingerprint density at radius 1 is 1.57 bits per heavy atom. The highest BCUT2D eigenvalue weighted by molar-refractivity contribution is 5.77. The number of rotatable bonds is 2. The van der Waals surface area contributed by atoms with E-state index in [0.717, 1.165) is 39.1 Å². The molecule has 0 radical (unpaired) electrons. The van der Waals surface area contributed by atoms with Crippen molar-refractivity contribution in [2.45, 2.75) is 12.8 Å². The molecule has 0 aromatic heterocycles. The zero-order valence-electron chi connectivity index (χ0n) is 8.62. The molecule has 0 aromatic carbocycles. The molecule has 80 valence electrons. The average Bonchev–Trinajstić information content (AvgIpc) is 2.78. The number of nitrogens with zero attached hydrogens (tertiary/aromatic N) is 1. The summed E-state index contributed by atoms with van der Waals surface area (Å²) in [6.45, 7) is 3.60. The molecule has 14 heavy (non-hydrogen) atoms. The Balaban J connectivity index is 1.90. The molecule has 2 rings (SSSR count). The van der Waals surface area contributed by atoms with Crippen molar-refractivity contribution < 1.29 is 14.3 Å². The Morgan fingerprint density at radius 2 is 2.43 bits per heavy atom. The van der Waals surface area contributed by atoms with Crippen molar-refractivity contribution >= 4 is 5.91 Å². The molecule has 1 spiro atoms. The minimum atomic E-state index is 0.108. The lowest BCUT2D eigenvalue weighted by atomic mass is 9.87. The van der Waals surface area contributed by atoms with Gasteiger partial charge in [0.15, 0.2) is 0 Å². The van der Waals surface area contributed by atoms with Crippen LogP contribution in [0.4, 0.5) is 0 Å². The molecule has 2 aliphatic heterocycles. The van der Waals surface area contributed by atoms with E-state index in [1.165, 1.54) is 0 Å². The van der Waals surface area contributed by atoms with Gasteiger partial charge in [-0.3, -0.25) is 4.79 Å². The van der Waals surface area contributed by atoms with Gasteiger partial charge in [0.25, 0.3) is 0 Å². The Bertz CT molecular complexity index is 223. The molecular formula is C10H17NO3. The van der Waals surface area contributed by atoms with Gasteiger partial charge >= 0.3 is 0 Å². The largest absolute Gasteiger partial charge is 0.381 e. The first-order valence-electron chi connectivity index (χ1n) is 5.10. The third-order valence-electron chi connectivity index (χ3n) is 3.24. The normalized spacial score (nSPS) is 31.6. The number of amides is 1. The highest BCUT2D eigenvalue weighted by Crippen LogP contribution is 2.37. The topological polar surface area (TPSA) is 38.8 Å². The molecule has 4 nitrogen and oxygen atoms in total. The number of carbonyl (C=O) groups excluding carboxylic acids is 1. The minimum Gasteiger partial charge on any atom is -0.381 e. The third-order valence-corrected chi connectivity index (χ3v) is 3.24. The van der Waals surface area contributed by atoms with Gasteiger partial charge in [-0.25, -0.2) is 0 Å².